The monoisotopic (exact) mass is 392 g/mol. The predicted molar refractivity (Wildman–Crippen MR) is 99.5 cm³/mol. The lowest BCUT2D eigenvalue weighted by atomic mass is 10.2. The maximum Gasteiger partial charge on any atom is 0.236 e. The predicted octanol–water partition coefficient (Wildman–Crippen LogP) is 3.32. The molecule has 0 spiro atoms. The van der Waals surface area contributed by atoms with Crippen LogP contribution in [0.25, 0.3) is 11.3 Å². The van der Waals surface area contributed by atoms with Crippen LogP contribution in [-0.4, -0.2) is 36.9 Å². The van der Waals surface area contributed by atoms with Crippen molar-refractivity contribution in [2.45, 2.75) is 25.5 Å². The van der Waals surface area contributed by atoms with Gasteiger partial charge in [-0.2, -0.15) is 0 Å². The van der Waals surface area contributed by atoms with Gasteiger partial charge in [-0.05, 0) is 40.6 Å². The van der Waals surface area contributed by atoms with Crippen LogP contribution in [0.15, 0.2) is 34.8 Å². The summed E-state index contributed by atoms with van der Waals surface area (Å²) in [6, 6.07) is 6.07. The summed E-state index contributed by atoms with van der Waals surface area (Å²) in [7, 11) is 0. The molecule has 0 saturated heterocycles. The zero-order chi connectivity index (χ0) is 18.5. The molecule has 0 bridgehead atoms. The van der Waals surface area contributed by atoms with Crippen LogP contribution in [0.4, 0.5) is 9.52 Å². The molecule has 2 heterocycles. The SMILES string of the molecule is CC(C)Cn1nnnc1SCC(=O)Nc1nc(-c2ccc(F)cc2)cs1. The topological polar surface area (TPSA) is 85.6 Å². The Bertz CT molecular complexity index is 877. The van der Waals surface area contributed by atoms with E-state index in [9.17, 15) is 9.18 Å². The number of amides is 1. The molecule has 26 heavy (non-hydrogen) atoms. The summed E-state index contributed by atoms with van der Waals surface area (Å²) in [5.41, 5.74) is 1.49. The zero-order valence-electron chi connectivity index (χ0n) is 14.2. The molecule has 7 nitrogen and oxygen atoms in total. The van der Waals surface area contributed by atoms with E-state index < -0.39 is 0 Å². The van der Waals surface area contributed by atoms with Gasteiger partial charge in [-0.25, -0.2) is 14.1 Å². The van der Waals surface area contributed by atoms with E-state index in [0.29, 0.717) is 28.4 Å². The number of thioether (sulfide) groups is 1. The number of benzene rings is 1. The second-order valence-corrected chi connectivity index (χ2v) is 7.72. The molecule has 2 aromatic heterocycles. The van der Waals surface area contributed by atoms with Crippen LogP contribution >= 0.6 is 23.1 Å². The molecule has 0 aliphatic heterocycles. The summed E-state index contributed by atoms with van der Waals surface area (Å²) in [5.74, 6) is 0.111. The van der Waals surface area contributed by atoms with E-state index in [2.05, 4.69) is 39.7 Å². The van der Waals surface area contributed by atoms with Crippen LogP contribution in [0.3, 0.4) is 0 Å². The summed E-state index contributed by atoms with van der Waals surface area (Å²) in [4.78, 5) is 16.5. The fraction of sp³-hybridized carbons (Fsp3) is 0.312. The molecule has 0 saturated carbocycles. The number of halogens is 1. The Morgan fingerprint density at radius 2 is 2.12 bits per heavy atom. The Balaban J connectivity index is 1.56. The number of rotatable bonds is 7. The van der Waals surface area contributed by atoms with Crippen molar-refractivity contribution in [3.05, 3.63) is 35.5 Å². The minimum Gasteiger partial charge on any atom is -0.301 e. The van der Waals surface area contributed by atoms with Crippen molar-refractivity contribution in [2.75, 3.05) is 11.1 Å². The van der Waals surface area contributed by atoms with E-state index in [0.717, 1.165) is 5.56 Å². The minimum atomic E-state index is -0.297. The first-order chi connectivity index (χ1) is 12.5. The number of carbonyl (C=O) groups is 1. The first-order valence-corrected chi connectivity index (χ1v) is 9.78. The maximum atomic E-state index is 13.0. The average molecular weight is 392 g/mol. The van der Waals surface area contributed by atoms with Gasteiger partial charge >= 0.3 is 0 Å². The smallest absolute Gasteiger partial charge is 0.236 e. The number of nitrogens with zero attached hydrogens (tertiary/aromatic N) is 5. The molecule has 1 N–H and O–H groups in total. The molecule has 1 amide bonds. The number of hydrogen-bond acceptors (Lipinski definition) is 7. The average Bonchev–Trinajstić information content (AvgIpc) is 3.23. The van der Waals surface area contributed by atoms with Gasteiger partial charge in [0.15, 0.2) is 5.13 Å². The summed E-state index contributed by atoms with van der Waals surface area (Å²) >= 11 is 2.60. The molecule has 0 atom stereocenters. The van der Waals surface area contributed by atoms with Crippen LogP contribution in [-0.2, 0) is 11.3 Å². The molecule has 0 aliphatic carbocycles. The van der Waals surface area contributed by atoms with Gasteiger partial charge in [0.2, 0.25) is 11.1 Å². The van der Waals surface area contributed by atoms with E-state index in [1.165, 1.54) is 35.2 Å². The minimum absolute atomic E-state index is 0.184. The van der Waals surface area contributed by atoms with E-state index in [4.69, 9.17) is 0 Å². The summed E-state index contributed by atoms with van der Waals surface area (Å²) in [6.45, 7) is 4.85. The van der Waals surface area contributed by atoms with Crippen LogP contribution in [0, 0.1) is 11.7 Å². The molecule has 1 aromatic carbocycles. The maximum absolute atomic E-state index is 13.0. The number of carbonyl (C=O) groups excluding carboxylic acids is 1. The molecule has 0 unspecified atom stereocenters. The number of aromatic nitrogens is 5. The summed E-state index contributed by atoms with van der Waals surface area (Å²) in [5, 5.41) is 17.2. The molecule has 136 valence electrons. The standard InChI is InChI=1S/C16H17FN6OS2/c1-10(2)7-23-16(20-21-22-23)26-9-14(24)19-15-18-13(8-25-15)11-3-5-12(17)6-4-11/h3-6,8,10H,7,9H2,1-2H3,(H,18,19,24). The number of thiazole rings is 1. The highest BCUT2D eigenvalue weighted by molar-refractivity contribution is 7.99. The molecule has 3 aromatic rings. The van der Waals surface area contributed by atoms with Gasteiger partial charge in [0.1, 0.15) is 5.82 Å². The summed E-state index contributed by atoms with van der Waals surface area (Å²) in [6.07, 6.45) is 0. The quantitative estimate of drug-likeness (QED) is 0.621. The highest BCUT2D eigenvalue weighted by Gasteiger charge is 2.13. The Kier molecular flexibility index (Phi) is 5.94. The Morgan fingerprint density at radius 1 is 1.35 bits per heavy atom. The van der Waals surface area contributed by atoms with Crippen LogP contribution in [0.2, 0.25) is 0 Å². The molecule has 0 radical (unpaired) electrons. The van der Waals surface area contributed by atoms with Crippen molar-refractivity contribution in [1.82, 2.24) is 25.2 Å². The van der Waals surface area contributed by atoms with E-state index >= 15 is 0 Å². The molecule has 0 fully saturated rings. The first-order valence-electron chi connectivity index (χ1n) is 7.91. The molecular weight excluding hydrogens is 375 g/mol. The van der Waals surface area contributed by atoms with Crippen molar-refractivity contribution in [1.29, 1.82) is 0 Å². The molecule has 3 rings (SSSR count). The van der Waals surface area contributed by atoms with Gasteiger partial charge in [-0.15, -0.1) is 16.4 Å². The molecule has 10 heteroatoms. The number of nitrogens with one attached hydrogen (secondary N) is 1. The normalized spacial score (nSPS) is 11.1. The second kappa shape index (κ2) is 8.37. The van der Waals surface area contributed by atoms with Crippen molar-refractivity contribution in [3.63, 3.8) is 0 Å². The highest BCUT2D eigenvalue weighted by atomic mass is 32.2. The third kappa shape index (κ3) is 4.85. The van der Waals surface area contributed by atoms with Gasteiger partial charge in [0.05, 0.1) is 11.4 Å². The van der Waals surface area contributed by atoms with Gasteiger partial charge < -0.3 is 5.32 Å². The second-order valence-electron chi connectivity index (χ2n) is 5.92. The molecule has 0 aliphatic rings. The molecular formula is C16H17FN6OS2. The lowest BCUT2D eigenvalue weighted by Gasteiger charge is -2.06. The number of tetrazole rings is 1. The lowest BCUT2D eigenvalue weighted by Crippen LogP contribution is -2.15. The van der Waals surface area contributed by atoms with Gasteiger partial charge in [0.25, 0.3) is 0 Å². The van der Waals surface area contributed by atoms with Gasteiger partial charge in [0, 0.05) is 17.5 Å². The fourth-order valence-corrected chi connectivity index (χ4v) is 3.55. The van der Waals surface area contributed by atoms with Crippen molar-refractivity contribution >= 4 is 34.1 Å². The Morgan fingerprint density at radius 3 is 2.85 bits per heavy atom. The van der Waals surface area contributed by atoms with Crippen LogP contribution < -0.4 is 5.32 Å². The van der Waals surface area contributed by atoms with Gasteiger partial charge in [-0.3, -0.25) is 4.79 Å². The van der Waals surface area contributed by atoms with E-state index in [-0.39, 0.29) is 17.5 Å². The fourth-order valence-electron chi connectivity index (χ4n) is 2.13. The van der Waals surface area contributed by atoms with Crippen LogP contribution in [0.1, 0.15) is 13.8 Å². The summed E-state index contributed by atoms with van der Waals surface area (Å²) < 4.78 is 14.7. The van der Waals surface area contributed by atoms with Crippen LogP contribution in [0.5, 0.6) is 0 Å². The largest absolute Gasteiger partial charge is 0.301 e. The third-order valence-corrected chi connectivity index (χ3v) is 4.97. The Hall–Kier alpha value is -2.33. The lowest BCUT2D eigenvalue weighted by molar-refractivity contribution is -0.113. The van der Waals surface area contributed by atoms with Gasteiger partial charge in [-0.1, -0.05) is 25.6 Å². The van der Waals surface area contributed by atoms with Crippen molar-refractivity contribution in [2.24, 2.45) is 5.92 Å². The number of anilines is 1. The first kappa shape index (κ1) is 18.5. The third-order valence-electron chi connectivity index (χ3n) is 3.26. The zero-order valence-corrected chi connectivity index (χ0v) is 15.9. The van der Waals surface area contributed by atoms with Crippen molar-refractivity contribution < 1.29 is 9.18 Å². The Labute approximate surface area is 158 Å². The number of hydrogen-bond donors (Lipinski definition) is 1. The van der Waals surface area contributed by atoms with E-state index in [1.807, 2.05) is 5.38 Å². The highest BCUT2D eigenvalue weighted by Crippen LogP contribution is 2.25. The van der Waals surface area contributed by atoms with Crippen molar-refractivity contribution in [3.8, 4) is 11.3 Å². The van der Waals surface area contributed by atoms with E-state index in [1.54, 1.807) is 16.8 Å².